The third-order valence-electron chi connectivity index (χ3n) is 5.13. The standard InChI is InChI=1S/C20H19NO5/c22-12-9-18(19(23)24)21(10-12)20(25)26-11-17-15-7-3-1-5-13(15)14-6-2-4-8-16(14)17/h1-8,12,17-18,22H,9-11H2,(H,23,24)/t12-,18-/m0/s1. The minimum atomic E-state index is -1.13. The van der Waals surface area contributed by atoms with E-state index in [0.29, 0.717) is 0 Å². The third-order valence-corrected chi connectivity index (χ3v) is 5.13. The second-order valence-electron chi connectivity index (χ2n) is 6.70. The molecule has 2 aromatic carbocycles. The third kappa shape index (κ3) is 2.72. The number of fused-ring (bicyclic) bond motifs is 3. The minimum absolute atomic E-state index is 0.0202. The molecule has 2 N–H and O–H groups in total. The summed E-state index contributed by atoms with van der Waals surface area (Å²) in [5.74, 6) is -1.21. The first-order valence-electron chi connectivity index (χ1n) is 8.58. The van der Waals surface area contributed by atoms with Crippen LogP contribution in [0.4, 0.5) is 4.79 Å². The predicted molar refractivity (Wildman–Crippen MR) is 93.8 cm³/mol. The molecule has 6 nitrogen and oxygen atoms in total. The van der Waals surface area contributed by atoms with Gasteiger partial charge in [-0.15, -0.1) is 0 Å². The zero-order valence-corrected chi connectivity index (χ0v) is 14.0. The Bertz CT molecular complexity index is 819. The van der Waals surface area contributed by atoms with Crippen LogP contribution in [-0.2, 0) is 9.53 Å². The van der Waals surface area contributed by atoms with Crippen molar-refractivity contribution in [1.82, 2.24) is 4.90 Å². The molecule has 4 rings (SSSR count). The number of nitrogens with zero attached hydrogens (tertiary/aromatic N) is 1. The van der Waals surface area contributed by atoms with Crippen LogP contribution < -0.4 is 0 Å². The van der Waals surface area contributed by atoms with Crippen molar-refractivity contribution < 1.29 is 24.5 Å². The van der Waals surface area contributed by atoms with Crippen LogP contribution in [0.15, 0.2) is 48.5 Å². The SMILES string of the molecule is O=C(O)[C@@H]1C[C@H](O)CN1C(=O)OCC1c2ccccc2-c2ccccc21. The molecule has 0 saturated carbocycles. The Balaban J connectivity index is 1.53. The molecule has 0 aromatic heterocycles. The van der Waals surface area contributed by atoms with E-state index >= 15 is 0 Å². The quantitative estimate of drug-likeness (QED) is 0.885. The maximum atomic E-state index is 12.4. The molecule has 1 saturated heterocycles. The van der Waals surface area contributed by atoms with Gasteiger partial charge in [0.25, 0.3) is 0 Å². The number of benzene rings is 2. The van der Waals surface area contributed by atoms with Gasteiger partial charge in [-0.05, 0) is 22.3 Å². The number of likely N-dealkylation sites (tertiary alicyclic amines) is 1. The number of carbonyl (C=O) groups is 2. The molecule has 0 spiro atoms. The van der Waals surface area contributed by atoms with E-state index in [1.54, 1.807) is 0 Å². The van der Waals surface area contributed by atoms with Gasteiger partial charge in [0.15, 0.2) is 0 Å². The topological polar surface area (TPSA) is 87.1 Å². The van der Waals surface area contributed by atoms with E-state index in [1.165, 1.54) is 0 Å². The van der Waals surface area contributed by atoms with Gasteiger partial charge in [0.2, 0.25) is 0 Å². The van der Waals surface area contributed by atoms with Crippen LogP contribution in [0.1, 0.15) is 23.5 Å². The molecule has 0 bridgehead atoms. The summed E-state index contributed by atoms with van der Waals surface area (Å²) in [6, 6.07) is 15.0. The molecule has 6 heteroatoms. The Morgan fingerprint density at radius 1 is 1.04 bits per heavy atom. The zero-order valence-electron chi connectivity index (χ0n) is 14.0. The van der Waals surface area contributed by atoms with Crippen molar-refractivity contribution in [2.45, 2.75) is 24.5 Å². The number of hydrogen-bond acceptors (Lipinski definition) is 4. The molecule has 1 amide bonds. The number of carboxylic acid groups (broad SMARTS) is 1. The van der Waals surface area contributed by atoms with E-state index in [1.807, 2.05) is 48.5 Å². The summed E-state index contributed by atoms with van der Waals surface area (Å²) in [6.07, 6.45) is -1.51. The molecule has 26 heavy (non-hydrogen) atoms. The Hall–Kier alpha value is -2.86. The molecular formula is C20H19NO5. The van der Waals surface area contributed by atoms with E-state index < -0.39 is 24.2 Å². The second-order valence-corrected chi connectivity index (χ2v) is 6.70. The zero-order chi connectivity index (χ0) is 18.3. The Morgan fingerprint density at radius 2 is 1.62 bits per heavy atom. The monoisotopic (exact) mass is 353 g/mol. The number of hydrogen-bond donors (Lipinski definition) is 2. The number of carbonyl (C=O) groups excluding carboxylic acids is 1. The summed E-state index contributed by atoms with van der Waals surface area (Å²) in [5.41, 5.74) is 4.45. The average Bonchev–Trinajstić information content (AvgIpc) is 3.18. The van der Waals surface area contributed by atoms with Crippen molar-refractivity contribution in [2.24, 2.45) is 0 Å². The van der Waals surface area contributed by atoms with E-state index in [4.69, 9.17) is 4.74 Å². The van der Waals surface area contributed by atoms with Crippen molar-refractivity contribution >= 4 is 12.1 Å². The van der Waals surface area contributed by atoms with Crippen molar-refractivity contribution in [3.05, 3.63) is 59.7 Å². The Labute approximate surface area is 150 Å². The van der Waals surface area contributed by atoms with Crippen LogP contribution in [-0.4, -0.2) is 52.5 Å². The highest BCUT2D eigenvalue weighted by atomic mass is 16.6. The summed E-state index contributed by atoms with van der Waals surface area (Å²) in [7, 11) is 0. The van der Waals surface area contributed by atoms with Gasteiger partial charge >= 0.3 is 12.1 Å². The fraction of sp³-hybridized carbons (Fsp3) is 0.300. The highest BCUT2D eigenvalue weighted by Crippen LogP contribution is 2.44. The van der Waals surface area contributed by atoms with Gasteiger partial charge in [0.05, 0.1) is 12.6 Å². The first kappa shape index (κ1) is 16.6. The molecule has 134 valence electrons. The Morgan fingerprint density at radius 3 is 2.19 bits per heavy atom. The van der Waals surface area contributed by atoms with E-state index in [-0.39, 0.29) is 25.5 Å². The molecule has 0 radical (unpaired) electrons. The van der Waals surface area contributed by atoms with Crippen molar-refractivity contribution in [2.75, 3.05) is 13.2 Å². The molecule has 1 aliphatic carbocycles. The van der Waals surface area contributed by atoms with Crippen LogP contribution >= 0.6 is 0 Å². The van der Waals surface area contributed by atoms with E-state index in [9.17, 15) is 19.8 Å². The minimum Gasteiger partial charge on any atom is -0.480 e. The molecule has 2 atom stereocenters. The molecule has 0 unspecified atom stereocenters. The summed E-state index contributed by atoms with van der Waals surface area (Å²) in [5, 5.41) is 18.9. The van der Waals surface area contributed by atoms with Gasteiger partial charge in [-0.3, -0.25) is 4.90 Å². The molecule has 1 aliphatic heterocycles. The lowest BCUT2D eigenvalue weighted by Crippen LogP contribution is -2.41. The van der Waals surface area contributed by atoms with Gasteiger partial charge < -0.3 is 14.9 Å². The number of aliphatic hydroxyl groups excluding tert-OH is 1. The van der Waals surface area contributed by atoms with Gasteiger partial charge in [-0.1, -0.05) is 48.5 Å². The predicted octanol–water partition coefficient (Wildman–Crippen LogP) is 2.46. The normalized spacial score (nSPS) is 21.3. The lowest BCUT2D eigenvalue weighted by Gasteiger charge is -2.22. The molecule has 1 heterocycles. The highest BCUT2D eigenvalue weighted by molar-refractivity contribution is 5.81. The van der Waals surface area contributed by atoms with E-state index in [0.717, 1.165) is 27.2 Å². The molecule has 2 aromatic rings. The van der Waals surface area contributed by atoms with Crippen LogP contribution in [0, 0.1) is 0 Å². The first-order valence-corrected chi connectivity index (χ1v) is 8.58. The summed E-state index contributed by atoms with van der Waals surface area (Å²) >= 11 is 0. The number of β-amino-alcohol motifs (C(OH)–C–C–N with tert-alkyl or cyclic N) is 1. The van der Waals surface area contributed by atoms with Gasteiger partial charge in [0.1, 0.15) is 12.6 Å². The van der Waals surface area contributed by atoms with Crippen LogP contribution in [0.5, 0.6) is 0 Å². The summed E-state index contributed by atoms with van der Waals surface area (Å²) in [6.45, 7) is 0.111. The van der Waals surface area contributed by atoms with Crippen LogP contribution in [0.2, 0.25) is 0 Å². The maximum absolute atomic E-state index is 12.4. The van der Waals surface area contributed by atoms with Gasteiger partial charge in [0, 0.05) is 12.3 Å². The fourth-order valence-corrected chi connectivity index (χ4v) is 3.93. The average molecular weight is 353 g/mol. The smallest absolute Gasteiger partial charge is 0.410 e. The number of aliphatic hydroxyl groups is 1. The van der Waals surface area contributed by atoms with Gasteiger partial charge in [-0.25, -0.2) is 9.59 Å². The summed E-state index contributed by atoms with van der Waals surface area (Å²) < 4.78 is 5.46. The van der Waals surface area contributed by atoms with Crippen LogP contribution in [0.3, 0.4) is 0 Å². The number of aliphatic carboxylic acids is 1. The van der Waals surface area contributed by atoms with Gasteiger partial charge in [-0.2, -0.15) is 0 Å². The van der Waals surface area contributed by atoms with Crippen LogP contribution in [0.25, 0.3) is 11.1 Å². The number of carboxylic acids is 1. The molecule has 1 fully saturated rings. The number of ether oxygens (including phenoxy) is 1. The van der Waals surface area contributed by atoms with Crippen molar-refractivity contribution in [1.29, 1.82) is 0 Å². The van der Waals surface area contributed by atoms with Crippen molar-refractivity contribution in [3.63, 3.8) is 0 Å². The van der Waals surface area contributed by atoms with E-state index in [2.05, 4.69) is 0 Å². The van der Waals surface area contributed by atoms with Crippen molar-refractivity contribution in [3.8, 4) is 11.1 Å². The second kappa shape index (κ2) is 6.46. The Kier molecular flexibility index (Phi) is 4.12. The summed E-state index contributed by atoms with van der Waals surface area (Å²) in [4.78, 5) is 24.8. The number of rotatable bonds is 3. The largest absolute Gasteiger partial charge is 0.480 e. The molecule has 2 aliphatic rings. The fourth-order valence-electron chi connectivity index (χ4n) is 3.93. The lowest BCUT2D eigenvalue weighted by atomic mass is 9.98. The highest BCUT2D eigenvalue weighted by Gasteiger charge is 2.40. The maximum Gasteiger partial charge on any atom is 0.410 e. The molecular weight excluding hydrogens is 334 g/mol. The first-order chi connectivity index (χ1) is 12.6. The lowest BCUT2D eigenvalue weighted by molar-refractivity contribution is -0.141. The number of amides is 1.